The van der Waals surface area contributed by atoms with Gasteiger partial charge >= 0.3 is 0 Å². The Morgan fingerprint density at radius 3 is 2.88 bits per heavy atom. The highest BCUT2D eigenvalue weighted by Crippen LogP contribution is 2.51. The van der Waals surface area contributed by atoms with E-state index in [0.717, 1.165) is 47.5 Å². The van der Waals surface area contributed by atoms with E-state index in [9.17, 15) is 0 Å². The molecule has 1 aliphatic heterocycles. The summed E-state index contributed by atoms with van der Waals surface area (Å²) in [5.41, 5.74) is 5.49. The van der Waals surface area contributed by atoms with Gasteiger partial charge in [-0.3, -0.25) is 4.98 Å². The summed E-state index contributed by atoms with van der Waals surface area (Å²) in [6, 6.07) is 7.87. The Labute approximate surface area is 158 Å². The molecule has 1 aliphatic rings. The maximum Gasteiger partial charge on any atom is 0.127 e. The number of imidazole rings is 1. The quantitative estimate of drug-likeness (QED) is 0.639. The number of benzene rings is 1. The monoisotopic (exact) mass is 366 g/mol. The van der Waals surface area contributed by atoms with Gasteiger partial charge in [-0.05, 0) is 42.7 Å². The number of allylic oxidation sites excluding steroid dienone is 1. The molecule has 0 radical (unpaired) electrons. The Hall–Kier alpha value is -2.33. The van der Waals surface area contributed by atoms with Gasteiger partial charge in [-0.2, -0.15) is 0 Å². The summed E-state index contributed by atoms with van der Waals surface area (Å²) in [6.45, 7) is 9.62. The van der Waals surface area contributed by atoms with Crippen molar-refractivity contribution in [3.05, 3.63) is 65.3 Å². The number of nitrogens with one attached hydrogen (secondary N) is 1. The van der Waals surface area contributed by atoms with Gasteiger partial charge in [-0.1, -0.05) is 38.4 Å². The molecule has 4 rings (SSSR count). The van der Waals surface area contributed by atoms with E-state index >= 15 is 0 Å². The molecule has 3 heterocycles. The summed E-state index contributed by atoms with van der Waals surface area (Å²) in [5.74, 6) is 0.904. The first-order valence-electron chi connectivity index (χ1n) is 9.14. The summed E-state index contributed by atoms with van der Waals surface area (Å²) >= 11 is 6.10. The maximum atomic E-state index is 6.10. The van der Waals surface area contributed by atoms with Crippen molar-refractivity contribution in [1.29, 1.82) is 0 Å². The maximum absolute atomic E-state index is 6.10. The SMILES string of the molecule is C=C1N(Cc2nc3ccc(Cl)cc3[nH]2)c2cnccc2C1(CC)CCC. The van der Waals surface area contributed by atoms with Crippen molar-refractivity contribution in [2.24, 2.45) is 0 Å². The average molecular weight is 367 g/mol. The van der Waals surface area contributed by atoms with Gasteiger partial charge in [0, 0.05) is 22.3 Å². The lowest BCUT2D eigenvalue weighted by atomic mass is 9.74. The van der Waals surface area contributed by atoms with Crippen LogP contribution in [0.25, 0.3) is 11.0 Å². The topological polar surface area (TPSA) is 44.8 Å². The van der Waals surface area contributed by atoms with Crippen LogP contribution in [0.1, 0.15) is 44.5 Å². The molecule has 26 heavy (non-hydrogen) atoms. The molecule has 0 saturated carbocycles. The third kappa shape index (κ3) is 2.52. The van der Waals surface area contributed by atoms with Crippen molar-refractivity contribution < 1.29 is 0 Å². The van der Waals surface area contributed by atoms with Gasteiger partial charge in [0.05, 0.1) is 29.5 Å². The number of H-pyrrole nitrogens is 1. The second-order valence-electron chi connectivity index (χ2n) is 6.96. The first-order valence-corrected chi connectivity index (χ1v) is 9.52. The molecule has 0 saturated heterocycles. The van der Waals surface area contributed by atoms with Crippen LogP contribution in [0.5, 0.6) is 0 Å². The number of anilines is 1. The van der Waals surface area contributed by atoms with Gasteiger partial charge in [-0.15, -0.1) is 0 Å². The standard InChI is InChI=1S/C21H23ClN4/c1-4-9-21(5-2)14(3)26(19-12-23-10-8-16(19)21)13-20-24-17-7-6-15(22)11-18(17)25-20/h6-8,10-12H,3-5,9,13H2,1-2H3,(H,24,25). The predicted octanol–water partition coefficient (Wildman–Crippen LogP) is 5.59. The number of rotatable bonds is 5. The number of hydrogen-bond acceptors (Lipinski definition) is 3. The Bertz CT molecular complexity index is 977. The van der Waals surface area contributed by atoms with Crippen molar-refractivity contribution in [3.63, 3.8) is 0 Å². The van der Waals surface area contributed by atoms with Crippen molar-refractivity contribution >= 4 is 28.3 Å². The van der Waals surface area contributed by atoms with Crippen molar-refractivity contribution in [3.8, 4) is 0 Å². The minimum absolute atomic E-state index is 0.0116. The van der Waals surface area contributed by atoms with Gasteiger partial charge in [0.2, 0.25) is 0 Å². The molecule has 4 nitrogen and oxygen atoms in total. The zero-order valence-electron chi connectivity index (χ0n) is 15.2. The number of hydrogen-bond donors (Lipinski definition) is 1. The lowest BCUT2D eigenvalue weighted by Gasteiger charge is -2.31. The summed E-state index contributed by atoms with van der Waals surface area (Å²) in [7, 11) is 0. The molecule has 1 atom stereocenters. The molecular formula is C21H23ClN4. The highest BCUT2D eigenvalue weighted by Gasteiger charge is 2.44. The van der Waals surface area contributed by atoms with E-state index in [-0.39, 0.29) is 5.41 Å². The van der Waals surface area contributed by atoms with Crippen LogP contribution in [0.15, 0.2) is 48.9 Å². The van der Waals surface area contributed by atoms with Crippen LogP contribution in [0, 0.1) is 0 Å². The minimum atomic E-state index is -0.0116. The zero-order valence-corrected chi connectivity index (χ0v) is 16.0. The molecule has 0 spiro atoms. The van der Waals surface area contributed by atoms with Crippen LogP contribution >= 0.6 is 11.6 Å². The van der Waals surface area contributed by atoms with E-state index in [2.05, 4.69) is 41.4 Å². The molecule has 1 unspecified atom stereocenters. The average Bonchev–Trinajstić information content (AvgIpc) is 3.14. The summed E-state index contributed by atoms with van der Waals surface area (Å²) in [5, 5.41) is 0.709. The third-order valence-corrected chi connectivity index (χ3v) is 5.80. The number of nitrogens with zero attached hydrogens (tertiary/aromatic N) is 3. The van der Waals surface area contributed by atoms with Gasteiger partial charge in [0.1, 0.15) is 5.82 Å². The van der Waals surface area contributed by atoms with Crippen LogP contribution in [0.2, 0.25) is 5.02 Å². The van der Waals surface area contributed by atoms with Crippen LogP contribution < -0.4 is 4.90 Å². The fraction of sp³-hybridized carbons (Fsp3) is 0.333. The van der Waals surface area contributed by atoms with Gasteiger partial charge < -0.3 is 9.88 Å². The Balaban J connectivity index is 1.75. The molecule has 1 aromatic carbocycles. The molecule has 0 fully saturated rings. The molecule has 134 valence electrons. The smallest absolute Gasteiger partial charge is 0.127 e. The van der Waals surface area contributed by atoms with Gasteiger partial charge in [0.25, 0.3) is 0 Å². The summed E-state index contributed by atoms with van der Waals surface area (Å²) in [6.07, 6.45) is 7.08. The third-order valence-electron chi connectivity index (χ3n) is 5.57. The lowest BCUT2D eigenvalue weighted by molar-refractivity contribution is 0.449. The first kappa shape index (κ1) is 17.1. The van der Waals surface area contributed by atoms with E-state index in [1.54, 1.807) is 0 Å². The summed E-state index contributed by atoms with van der Waals surface area (Å²) in [4.78, 5) is 14.8. The Morgan fingerprint density at radius 2 is 2.12 bits per heavy atom. The molecule has 3 aromatic rings. The molecule has 1 N–H and O–H groups in total. The van der Waals surface area contributed by atoms with E-state index < -0.39 is 0 Å². The van der Waals surface area contributed by atoms with Crippen LogP contribution in [-0.4, -0.2) is 15.0 Å². The van der Waals surface area contributed by atoms with Crippen LogP contribution in [0.3, 0.4) is 0 Å². The molecule has 0 aliphatic carbocycles. The number of halogens is 1. The number of pyridine rings is 1. The minimum Gasteiger partial charge on any atom is -0.340 e. The lowest BCUT2D eigenvalue weighted by Crippen LogP contribution is -2.30. The zero-order chi connectivity index (χ0) is 18.3. The number of fused-ring (bicyclic) bond motifs is 2. The van der Waals surface area contributed by atoms with Crippen LogP contribution in [-0.2, 0) is 12.0 Å². The fourth-order valence-electron chi connectivity index (χ4n) is 4.28. The van der Waals surface area contributed by atoms with Gasteiger partial charge in [-0.25, -0.2) is 4.98 Å². The second-order valence-corrected chi connectivity index (χ2v) is 7.39. The van der Waals surface area contributed by atoms with Gasteiger partial charge in [0.15, 0.2) is 0 Å². The fourth-order valence-corrected chi connectivity index (χ4v) is 4.45. The highest BCUT2D eigenvalue weighted by molar-refractivity contribution is 6.31. The Morgan fingerprint density at radius 1 is 1.27 bits per heavy atom. The normalized spacial score (nSPS) is 19.3. The molecule has 2 aromatic heterocycles. The Kier molecular flexibility index (Phi) is 4.23. The molecule has 0 bridgehead atoms. The van der Waals surface area contributed by atoms with Crippen molar-refractivity contribution in [1.82, 2.24) is 15.0 Å². The molecular weight excluding hydrogens is 344 g/mol. The molecule has 0 amide bonds. The largest absolute Gasteiger partial charge is 0.340 e. The van der Waals surface area contributed by atoms with E-state index in [0.29, 0.717) is 11.6 Å². The highest BCUT2D eigenvalue weighted by atomic mass is 35.5. The van der Waals surface area contributed by atoms with E-state index in [1.807, 2.05) is 30.6 Å². The van der Waals surface area contributed by atoms with Crippen molar-refractivity contribution in [2.75, 3.05) is 4.90 Å². The van der Waals surface area contributed by atoms with Crippen LogP contribution in [0.4, 0.5) is 5.69 Å². The summed E-state index contributed by atoms with van der Waals surface area (Å²) < 4.78 is 0. The molecule has 5 heteroatoms. The second kappa shape index (κ2) is 6.44. The predicted molar refractivity (Wildman–Crippen MR) is 108 cm³/mol. The van der Waals surface area contributed by atoms with E-state index in [4.69, 9.17) is 16.6 Å². The first-order chi connectivity index (χ1) is 12.6. The number of aromatic nitrogens is 3. The van der Waals surface area contributed by atoms with Crippen molar-refractivity contribution in [2.45, 2.75) is 45.1 Å². The van der Waals surface area contributed by atoms with E-state index in [1.165, 1.54) is 5.56 Å². The number of aromatic amines is 1.